The van der Waals surface area contributed by atoms with Crippen LogP contribution in [0, 0.1) is 0 Å². The predicted molar refractivity (Wildman–Crippen MR) is 79.2 cm³/mol. The second kappa shape index (κ2) is 5.53. The molecule has 0 aromatic carbocycles. The number of aromatic nitrogens is 2. The largest absolute Gasteiger partial charge is 0.387 e. The molecule has 0 amide bonds. The van der Waals surface area contributed by atoms with E-state index in [0.29, 0.717) is 11.6 Å². The van der Waals surface area contributed by atoms with Gasteiger partial charge in [-0.25, -0.2) is 0 Å². The fourth-order valence-corrected chi connectivity index (χ4v) is 2.09. The summed E-state index contributed by atoms with van der Waals surface area (Å²) in [5, 5.41) is 9.58. The maximum absolute atomic E-state index is 9.58. The lowest BCUT2D eigenvalue weighted by molar-refractivity contribution is 0.261. The van der Waals surface area contributed by atoms with Crippen LogP contribution in [0.5, 0.6) is 0 Å². The first-order valence-corrected chi connectivity index (χ1v) is 6.73. The van der Waals surface area contributed by atoms with E-state index in [-0.39, 0.29) is 0 Å². The average Bonchev–Trinajstić information content (AvgIpc) is 2.85. The molecule has 2 aromatic rings. The van der Waals surface area contributed by atoms with Gasteiger partial charge in [0.15, 0.2) is 0 Å². The van der Waals surface area contributed by atoms with Gasteiger partial charge in [-0.2, -0.15) is 0 Å². The molecule has 0 saturated carbocycles. The van der Waals surface area contributed by atoms with E-state index < -0.39 is 6.10 Å². The number of pyridine rings is 1. The minimum Gasteiger partial charge on any atom is -0.387 e. The number of nitrogens with one attached hydrogen (secondary N) is 1. The van der Waals surface area contributed by atoms with Crippen LogP contribution in [0.1, 0.15) is 45.6 Å². The third-order valence-electron chi connectivity index (χ3n) is 3.60. The third kappa shape index (κ3) is 2.68. The molecule has 0 bridgehead atoms. The van der Waals surface area contributed by atoms with Crippen molar-refractivity contribution in [2.45, 2.75) is 46.1 Å². The zero-order valence-electron chi connectivity index (χ0n) is 11.9. The number of aliphatic imine (C=N–C) groups is 1. The number of H-pyrrole nitrogens is 1. The molecule has 2 aromatic heterocycles. The van der Waals surface area contributed by atoms with Crippen molar-refractivity contribution in [2.75, 3.05) is 0 Å². The van der Waals surface area contributed by atoms with Gasteiger partial charge in [0.25, 0.3) is 0 Å². The van der Waals surface area contributed by atoms with E-state index >= 15 is 0 Å². The molecule has 4 heteroatoms. The van der Waals surface area contributed by atoms with Crippen LogP contribution in [0.15, 0.2) is 23.5 Å². The average molecular weight is 259 g/mol. The summed E-state index contributed by atoms with van der Waals surface area (Å²) in [6.07, 6.45) is 4.19. The second-order valence-electron chi connectivity index (χ2n) is 5.03. The van der Waals surface area contributed by atoms with Crippen LogP contribution in [-0.4, -0.2) is 26.9 Å². The monoisotopic (exact) mass is 259 g/mol. The third-order valence-corrected chi connectivity index (χ3v) is 3.60. The lowest BCUT2D eigenvalue weighted by Crippen LogP contribution is -2.11. The lowest BCUT2D eigenvalue weighted by Gasteiger charge is -2.14. The number of aromatic amines is 1. The van der Waals surface area contributed by atoms with E-state index in [1.54, 1.807) is 13.1 Å². The Morgan fingerprint density at radius 2 is 2.21 bits per heavy atom. The topological polar surface area (TPSA) is 61.3 Å². The highest BCUT2D eigenvalue weighted by molar-refractivity contribution is 5.90. The van der Waals surface area contributed by atoms with Crippen LogP contribution in [-0.2, 0) is 0 Å². The molecule has 0 saturated heterocycles. The Labute approximate surface area is 113 Å². The van der Waals surface area contributed by atoms with Gasteiger partial charge in [0.2, 0.25) is 0 Å². The van der Waals surface area contributed by atoms with Crippen molar-refractivity contribution in [2.24, 2.45) is 4.99 Å². The molecule has 2 rings (SSSR count). The first-order valence-electron chi connectivity index (χ1n) is 6.73. The summed E-state index contributed by atoms with van der Waals surface area (Å²) in [4.78, 5) is 12.2. The predicted octanol–water partition coefficient (Wildman–Crippen LogP) is 3.55. The van der Waals surface area contributed by atoms with Crippen LogP contribution in [0.2, 0.25) is 0 Å². The van der Waals surface area contributed by atoms with E-state index in [4.69, 9.17) is 0 Å². The van der Waals surface area contributed by atoms with Crippen LogP contribution in [0.4, 0.5) is 5.69 Å². The number of rotatable bonds is 4. The van der Waals surface area contributed by atoms with Crippen LogP contribution in [0.3, 0.4) is 0 Å². The van der Waals surface area contributed by atoms with E-state index in [9.17, 15) is 5.11 Å². The zero-order valence-corrected chi connectivity index (χ0v) is 11.9. The smallest absolute Gasteiger partial charge is 0.0890 e. The molecular formula is C15H21N3O. The summed E-state index contributed by atoms with van der Waals surface area (Å²) in [6.45, 7) is 7.91. The fraction of sp³-hybridized carbons (Fsp3) is 0.467. The molecule has 0 aliphatic heterocycles. The van der Waals surface area contributed by atoms with E-state index in [2.05, 4.69) is 28.8 Å². The van der Waals surface area contributed by atoms with Gasteiger partial charge in [-0.1, -0.05) is 13.8 Å². The first-order chi connectivity index (χ1) is 9.04. The molecule has 0 aliphatic rings. The fourth-order valence-electron chi connectivity index (χ4n) is 2.09. The maximum atomic E-state index is 9.58. The first kappa shape index (κ1) is 13.7. The van der Waals surface area contributed by atoms with Gasteiger partial charge < -0.3 is 10.1 Å². The summed E-state index contributed by atoms with van der Waals surface area (Å²) >= 11 is 0. The van der Waals surface area contributed by atoms with Crippen molar-refractivity contribution in [3.05, 3.63) is 24.0 Å². The number of fused-ring (bicyclic) bond motifs is 1. The van der Waals surface area contributed by atoms with Crippen molar-refractivity contribution in [1.82, 2.24) is 9.97 Å². The minimum atomic E-state index is -0.538. The molecule has 19 heavy (non-hydrogen) atoms. The van der Waals surface area contributed by atoms with Crippen molar-refractivity contribution in [1.29, 1.82) is 0 Å². The molecule has 0 aliphatic carbocycles. The summed E-state index contributed by atoms with van der Waals surface area (Å²) in [5.41, 5.74) is 4.75. The van der Waals surface area contributed by atoms with Crippen molar-refractivity contribution in [3.8, 4) is 0 Å². The second-order valence-corrected chi connectivity index (χ2v) is 5.03. The Hall–Kier alpha value is -1.68. The SMILES string of the molecule is CCC(C)c1c(/N=C(\C)[C@@H](C)O)cnc2cc[nH]c12. The van der Waals surface area contributed by atoms with Crippen LogP contribution >= 0.6 is 0 Å². The number of nitrogens with zero attached hydrogens (tertiary/aromatic N) is 2. The standard InChI is InChI=1S/C15H21N3O/c1-5-9(2)14-13(18-10(3)11(4)19)8-17-12-6-7-16-15(12)14/h6-9,11,16,19H,5H2,1-4H3/b18-10+/t9?,11-/m1/s1. The summed E-state index contributed by atoms with van der Waals surface area (Å²) in [7, 11) is 0. The van der Waals surface area contributed by atoms with Crippen LogP contribution < -0.4 is 0 Å². The molecular weight excluding hydrogens is 238 g/mol. The van der Waals surface area contributed by atoms with E-state index in [0.717, 1.165) is 23.1 Å². The number of aliphatic hydroxyl groups excluding tert-OH is 1. The van der Waals surface area contributed by atoms with Gasteiger partial charge in [0.05, 0.1) is 29.0 Å². The Morgan fingerprint density at radius 1 is 1.47 bits per heavy atom. The highest BCUT2D eigenvalue weighted by Gasteiger charge is 2.15. The number of aliphatic hydroxyl groups is 1. The normalized spacial score (nSPS) is 15.7. The number of hydrogen-bond donors (Lipinski definition) is 2. The summed E-state index contributed by atoms with van der Waals surface area (Å²) < 4.78 is 0. The Bertz CT molecular complexity index is 598. The van der Waals surface area contributed by atoms with Crippen molar-refractivity contribution >= 4 is 22.4 Å². The Morgan fingerprint density at radius 3 is 2.84 bits per heavy atom. The molecule has 1 unspecified atom stereocenters. The van der Waals surface area contributed by atoms with Gasteiger partial charge in [-0.15, -0.1) is 0 Å². The van der Waals surface area contributed by atoms with Crippen molar-refractivity contribution in [3.63, 3.8) is 0 Å². The number of hydrogen-bond acceptors (Lipinski definition) is 3. The molecule has 102 valence electrons. The van der Waals surface area contributed by atoms with Gasteiger partial charge in [0, 0.05) is 17.5 Å². The molecule has 2 heterocycles. The van der Waals surface area contributed by atoms with Gasteiger partial charge in [0.1, 0.15) is 0 Å². The lowest BCUT2D eigenvalue weighted by atomic mass is 9.96. The molecule has 0 fully saturated rings. The molecule has 2 N–H and O–H groups in total. The van der Waals surface area contributed by atoms with E-state index in [1.807, 2.05) is 19.2 Å². The van der Waals surface area contributed by atoms with Gasteiger partial charge >= 0.3 is 0 Å². The van der Waals surface area contributed by atoms with Crippen LogP contribution in [0.25, 0.3) is 11.0 Å². The van der Waals surface area contributed by atoms with Gasteiger partial charge in [-0.3, -0.25) is 9.98 Å². The molecule has 2 atom stereocenters. The quantitative estimate of drug-likeness (QED) is 0.825. The minimum absolute atomic E-state index is 0.393. The zero-order chi connectivity index (χ0) is 14.0. The molecule has 0 spiro atoms. The Balaban J connectivity index is 2.63. The summed E-state index contributed by atoms with van der Waals surface area (Å²) in [5.74, 6) is 0.393. The van der Waals surface area contributed by atoms with Crippen molar-refractivity contribution < 1.29 is 5.11 Å². The molecule has 0 radical (unpaired) electrons. The summed E-state index contributed by atoms with van der Waals surface area (Å²) in [6, 6.07) is 1.97. The molecule has 4 nitrogen and oxygen atoms in total. The van der Waals surface area contributed by atoms with Gasteiger partial charge in [-0.05, 0) is 32.3 Å². The highest BCUT2D eigenvalue weighted by atomic mass is 16.3. The highest BCUT2D eigenvalue weighted by Crippen LogP contribution is 2.34. The maximum Gasteiger partial charge on any atom is 0.0890 e. The van der Waals surface area contributed by atoms with E-state index in [1.165, 1.54) is 5.56 Å². The Kier molecular flexibility index (Phi) is 4.00.